The fraction of sp³-hybridized carbons (Fsp3) is 0.467. The first-order chi connectivity index (χ1) is 8.43. The number of allylic oxidation sites excluding steroid dienone is 1. The zero-order valence-electron chi connectivity index (χ0n) is 10.5. The van der Waals surface area contributed by atoms with Crippen LogP contribution in [-0.2, 0) is 0 Å². The molecule has 0 unspecified atom stereocenters. The number of hydrogen-bond acceptors (Lipinski definition) is 2. The highest BCUT2D eigenvalue weighted by molar-refractivity contribution is 7.99. The standard InChI is InChI=1S/C15H23NS/c1-2-3-4-5-9-12-16-13-14-17-15-10-7-6-8-11-15/h2,6-8,10-11,16H,1,3-5,9,12-14H2. The molecule has 2 heteroatoms. The highest BCUT2D eigenvalue weighted by atomic mass is 32.2. The van der Waals surface area contributed by atoms with Crippen molar-refractivity contribution in [1.29, 1.82) is 0 Å². The minimum Gasteiger partial charge on any atom is -0.316 e. The summed E-state index contributed by atoms with van der Waals surface area (Å²) < 4.78 is 0. The highest BCUT2D eigenvalue weighted by Crippen LogP contribution is 2.15. The number of thioether (sulfide) groups is 1. The molecule has 0 radical (unpaired) electrons. The minimum absolute atomic E-state index is 1.10. The maximum absolute atomic E-state index is 3.73. The molecule has 0 aliphatic heterocycles. The van der Waals surface area contributed by atoms with Crippen LogP contribution in [0.5, 0.6) is 0 Å². The second-order valence-corrected chi connectivity index (χ2v) is 5.22. The van der Waals surface area contributed by atoms with E-state index in [4.69, 9.17) is 0 Å². The largest absolute Gasteiger partial charge is 0.316 e. The zero-order valence-corrected chi connectivity index (χ0v) is 11.3. The summed E-state index contributed by atoms with van der Waals surface area (Å²) >= 11 is 1.92. The maximum atomic E-state index is 3.73. The minimum atomic E-state index is 1.10. The van der Waals surface area contributed by atoms with Crippen LogP contribution in [0.4, 0.5) is 0 Å². The maximum Gasteiger partial charge on any atom is 0.0106 e. The average molecular weight is 249 g/mol. The van der Waals surface area contributed by atoms with Crippen LogP contribution in [-0.4, -0.2) is 18.8 Å². The Morgan fingerprint density at radius 3 is 2.65 bits per heavy atom. The summed E-state index contributed by atoms with van der Waals surface area (Å²) in [7, 11) is 0. The van der Waals surface area contributed by atoms with Gasteiger partial charge in [-0.15, -0.1) is 18.3 Å². The molecule has 0 atom stereocenters. The molecule has 0 aromatic heterocycles. The molecule has 1 aromatic rings. The third kappa shape index (κ3) is 8.06. The van der Waals surface area contributed by atoms with E-state index in [1.165, 1.54) is 24.2 Å². The Morgan fingerprint density at radius 2 is 1.88 bits per heavy atom. The summed E-state index contributed by atoms with van der Waals surface area (Å²) in [6, 6.07) is 10.6. The normalized spacial score (nSPS) is 10.4. The van der Waals surface area contributed by atoms with Gasteiger partial charge in [0.25, 0.3) is 0 Å². The van der Waals surface area contributed by atoms with E-state index in [2.05, 4.69) is 42.2 Å². The van der Waals surface area contributed by atoms with Gasteiger partial charge in [0.05, 0.1) is 0 Å². The van der Waals surface area contributed by atoms with E-state index in [9.17, 15) is 0 Å². The van der Waals surface area contributed by atoms with Gasteiger partial charge in [-0.2, -0.15) is 0 Å². The first-order valence-corrected chi connectivity index (χ1v) is 7.41. The molecule has 1 rings (SSSR count). The van der Waals surface area contributed by atoms with E-state index < -0.39 is 0 Å². The summed E-state index contributed by atoms with van der Waals surface area (Å²) in [4.78, 5) is 1.36. The number of nitrogens with one attached hydrogen (secondary N) is 1. The van der Waals surface area contributed by atoms with Crippen molar-refractivity contribution in [3.8, 4) is 0 Å². The molecule has 0 spiro atoms. The Kier molecular flexibility index (Phi) is 8.79. The highest BCUT2D eigenvalue weighted by Gasteiger charge is 1.92. The molecule has 1 N–H and O–H groups in total. The van der Waals surface area contributed by atoms with Crippen LogP contribution < -0.4 is 5.32 Å². The second kappa shape index (κ2) is 10.4. The first kappa shape index (κ1) is 14.3. The van der Waals surface area contributed by atoms with Gasteiger partial charge in [-0.05, 0) is 37.9 Å². The van der Waals surface area contributed by atoms with Crippen LogP contribution in [0.1, 0.15) is 25.7 Å². The summed E-state index contributed by atoms with van der Waals surface area (Å²) in [5.41, 5.74) is 0. The van der Waals surface area contributed by atoms with E-state index in [-0.39, 0.29) is 0 Å². The van der Waals surface area contributed by atoms with Crippen molar-refractivity contribution in [2.45, 2.75) is 30.6 Å². The van der Waals surface area contributed by atoms with Crippen LogP contribution >= 0.6 is 11.8 Å². The van der Waals surface area contributed by atoms with Crippen LogP contribution in [0.15, 0.2) is 47.9 Å². The smallest absolute Gasteiger partial charge is 0.0106 e. The van der Waals surface area contributed by atoms with Gasteiger partial charge in [0.1, 0.15) is 0 Å². The molecule has 0 heterocycles. The van der Waals surface area contributed by atoms with Crippen molar-refractivity contribution < 1.29 is 0 Å². The van der Waals surface area contributed by atoms with E-state index in [1.807, 2.05) is 17.8 Å². The summed E-state index contributed by atoms with van der Waals surface area (Å²) in [5.74, 6) is 1.15. The van der Waals surface area contributed by atoms with Gasteiger partial charge in [0.15, 0.2) is 0 Å². The number of rotatable bonds is 10. The topological polar surface area (TPSA) is 12.0 Å². The summed E-state index contributed by atoms with van der Waals surface area (Å²) in [6.45, 7) is 5.97. The molecule has 0 bridgehead atoms. The second-order valence-electron chi connectivity index (χ2n) is 4.05. The van der Waals surface area contributed by atoms with Crippen molar-refractivity contribution in [1.82, 2.24) is 5.32 Å². The molecule has 0 fully saturated rings. The van der Waals surface area contributed by atoms with Crippen LogP contribution in [0.2, 0.25) is 0 Å². The van der Waals surface area contributed by atoms with Gasteiger partial charge in [-0.3, -0.25) is 0 Å². The molecular formula is C15H23NS. The van der Waals surface area contributed by atoms with E-state index in [0.717, 1.165) is 25.3 Å². The van der Waals surface area contributed by atoms with Gasteiger partial charge < -0.3 is 5.32 Å². The Labute approximate surface area is 110 Å². The zero-order chi connectivity index (χ0) is 12.2. The van der Waals surface area contributed by atoms with Gasteiger partial charge >= 0.3 is 0 Å². The van der Waals surface area contributed by atoms with Crippen molar-refractivity contribution in [2.24, 2.45) is 0 Å². The molecule has 0 amide bonds. The van der Waals surface area contributed by atoms with Crippen molar-refractivity contribution in [3.05, 3.63) is 43.0 Å². The summed E-state index contributed by atoms with van der Waals surface area (Å²) in [6.07, 6.45) is 7.03. The lowest BCUT2D eigenvalue weighted by molar-refractivity contribution is 0.622. The van der Waals surface area contributed by atoms with Crippen LogP contribution in [0.3, 0.4) is 0 Å². The first-order valence-electron chi connectivity index (χ1n) is 6.43. The average Bonchev–Trinajstić information content (AvgIpc) is 2.38. The molecule has 94 valence electrons. The molecule has 0 saturated carbocycles. The Hall–Kier alpha value is -0.730. The molecule has 1 aromatic carbocycles. The van der Waals surface area contributed by atoms with Crippen molar-refractivity contribution in [2.75, 3.05) is 18.8 Å². The lowest BCUT2D eigenvalue weighted by atomic mass is 10.2. The van der Waals surface area contributed by atoms with Crippen LogP contribution in [0, 0.1) is 0 Å². The molecule has 1 nitrogen and oxygen atoms in total. The third-order valence-corrected chi connectivity index (χ3v) is 3.57. The monoisotopic (exact) mass is 249 g/mol. The van der Waals surface area contributed by atoms with Gasteiger partial charge in [-0.25, -0.2) is 0 Å². The number of hydrogen-bond donors (Lipinski definition) is 1. The van der Waals surface area contributed by atoms with Crippen molar-refractivity contribution >= 4 is 11.8 Å². The lowest BCUT2D eigenvalue weighted by Crippen LogP contribution is -2.18. The Bertz CT molecular complexity index is 284. The Morgan fingerprint density at radius 1 is 1.06 bits per heavy atom. The van der Waals surface area contributed by atoms with Gasteiger partial charge in [-0.1, -0.05) is 30.7 Å². The third-order valence-electron chi connectivity index (χ3n) is 2.55. The van der Waals surface area contributed by atoms with Crippen LogP contribution in [0.25, 0.3) is 0 Å². The Balaban J connectivity index is 1.86. The van der Waals surface area contributed by atoms with Gasteiger partial charge in [0, 0.05) is 17.2 Å². The van der Waals surface area contributed by atoms with E-state index in [0.29, 0.717) is 0 Å². The molecule has 0 saturated heterocycles. The molecule has 0 aliphatic rings. The van der Waals surface area contributed by atoms with Crippen molar-refractivity contribution in [3.63, 3.8) is 0 Å². The molecule has 17 heavy (non-hydrogen) atoms. The fourth-order valence-electron chi connectivity index (χ4n) is 1.60. The molecular weight excluding hydrogens is 226 g/mol. The van der Waals surface area contributed by atoms with E-state index >= 15 is 0 Å². The number of benzene rings is 1. The quantitative estimate of drug-likeness (QED) is 0.380. The number of unbranched alkanes of at least 4 members (excludes halogenated alkanes) is 3. The predicted octanol–water partition coefficient (Wildman–Crippen LogP) is 4.11. The fourth-order valence-corrected chi connectivity index (χ4v) is 2.43. The predicted molar refractivity (Wildman–Crippen MR) is 78.7 cm³/mol. The SMILES string of the molecule is C=CCCCCCNCCSc1ccccc1. The lowest BCUT2D eigenvalue weighted by Gasteiger charge is -2.04. The summed E-state index contributed by atoms with van der Waals surface area (Å²) in [5, 5.41) is 3.49. The molecule has 0 aliphatic carbocycles. The van der Waals surface area contributed by atoms with Gasteiger partial charge in [0.2, 0.25) is 0 Å². The van der Waals surface area contributed by atoms with E-state index in [1.54, 1.807) is 0 Å².